The number of carbonyl (C=O) groups is 1. The van der Waals surface area contributed by atoms with Crippen LogP contribution >= 0.6 is 0 Å². The van der Waals surface area contributed by atoms with E-state index in [-0.39, 0.29) is 0 Å². The van der Waals surface area contributed by atoms with E-state index in [1.807, 2.05) is 0 Å². The van der Waals surface area contributed by atoms with Crippen molar-refractivity contribution in [2.45, 2.75) is 76.4 Å². The third kappa shape index (κ3) is 4.69. The van der Waals surface area contributed by atoms with Crippen molar-refractivity contribution in [2.24, 2.45) is 5.92 Å². The van der Waals surface area contributed by atoms with Gasteiger partial charge < -0.3 is 15.0 Å². The Balaban J connectivity index is 1.36. The molecule has 1 aliphatic carbocycles. The lowest BCUT2D eigenvalue weighted by molar-refractivity contribution is -0.136. The van der Waals surface area contributed by atoms with Crippen molar-refractivity contribution in [1.29, 1.82) is 0 Å². The summed E-state index contributed by atoms with van der Waals surface area (Å²) in [6, 6.07) is 0. The molecule has 0 spiro atoms. The van der Waals surface area contributed by atoms with Gasteiger partial charge in [0, 0.05) is 19.5 Å². The van der Waals surface area contributed by atoms with E-state index in [4.69, 9.17) is 4.74 Å². The fourth-order valence-electron chi connectivity index (χ4n) is 4.21. The fourth-order valence-corrected chi connectivity index (χ4v) is 4.21. The van der Waals surface area contributed by atoms with Crippen LogP contribution in [0.2, 0.25) is 0 Å². The van der Waals surface area contributed by atoms with Crippen LogP contribution in [-0.4, -0.2) is 49.2 Å². The third-order valence-corrected chi connectivity index (χ3v) is 5.65. The van der Waals surface area contributed by atoms with Crippen LogP contribution in [0.3, 0.4) is 0 Å². The Bertz CT molecular complexity index is 341. The smallest absolute Gasteiger partial charge is 0.222 e. The lowest BCUT2D eigenvalue weighted by Gasteiger charge is -2.35. The van der Waals surface area contributed by atoms with E-state index in [2.05, 4.69) is 10.2 Å². The van der Waals surface area contributed by atoms with Crippen LogP contribution in [0.25, 0.3) is 0 Å². The monoisotopic (exact) mass is 308 g/mol. The molecule has 1 N–H and O–H groups in total. The maximum absolute atomic E-state index is 12.4. The Hall–Kier alpha value is -0.610. The number of rotatable bonds is 4. The number of nitrogens with one attached hydrogen (secondary N) is 1. The molecule has 3 rings (SSSR count). The minimum atomic E-state index is 0.377. The average molecular weight is 308 g/mol. The number of hydrogen-bond acceptors (Lipinski definition) is 3. The van der Waals surface area contributed by atoms with Gasteiger partial charge in [-0.05, 0) is 57.5 Å². The summed E-state index contributed by atoms with van der Waals surface area (Å²) >= 11 is 0. The van der Waals surface area contributed by atoms with Crippen LogP contribution in [0.15, 0.2) is 0 Å². The molecule has 3 aliphatic rings. The second-order valence-corrected chi connectivity index (χ2v) is 7.37. The Labute approximate surface area is 135 Å². The standard InChI is InChI=1S/C18H32N2O2/c21-18(14-15-4-2-1-3-5-15)20-12-8-17(9-13-20)22-16-6-10-19-11-7-16/h15-17,19H,1-14H2. The molecule has 2 saturated heterocycles. The molecule has 4 heteroatoms. The molecular weight excluding hydrogens is 276 g/mol. The number of hydrogen-bond donors (Lipinski definition) is 1. The van der Waals surface area contributed by atoms with Crippen molar-refractivity contribution in [3.05, 3.63) is 0 Å². The molecule has 22 heavy (non-hydrogen) atoms. The molecule has 3 fully saturated rings. The summed E-state index contributed by atoms with van der Waals surface area (Å²) in [6.45, 7) is 3.98. The Kier molecular flexibility index (Phi) is 6.13. The first-order chi connectivity index (χ1) is 10.8. The summed E-state index contributed by atoms with van der Waals surface area (Å²) in [7, 11) is 0. The Morgan fingerprint density at radius 2 is 1.55 bits per heavy atom. The zero-order valence-electron chi connectivity index (χ0n) is 13.9. The molecule has 2 aliphatic heterocycles. The van der Waals surface area contributed by atoms with Gasteiger partial charge in [-0.3, -0.25) is 4.79 Å². The summed E-state index contributed by atoms with van der Waals surface area (Å²) in [6.07, 6.45) is 12.5. The van der Waals surface area contributed by atoms with Gasteiger partial charge in [0.15, 0.2) is 0 Å². The van der Waals surface area contributed by atoms with Gasteiger partial charge in [0.05, 0.1) is 12.2 Å². The molecule has 0 aromatic rings. The first-order valence-electron chi connectivity index (χ1n) is 9.45. The molecule has 126 valence electrons. The number of piperidine rings is 2. The van der Waals surface area contributed by atoms with E-state index < -0.39 is 0 Å². The highest BCUT2D eigenvalue weighted by atomic mass is 16.5. The highest BCUT2D eigenvalue weighted by Gasteiger charge is 2.27. The lowest BCUT2D eigenvalue weighted by Crippen LogP contribution is -2.43. The summed E-state index contributed by atoms with van der Waals surface area (Å²) < 4.78 is 6.23. The van der Waals surface area contributed by atoms with Crippen LogP contribution in [0.5, 0.6) is 0 Å². The van der Waals surface area contributed by atoms with Crippen molar-refractivity contribution < 1.29 is 9.53 Å². The number of likely N-dealkylation sites (tertiary alicyclic amines) is 1. The van der Waals surface area contributed by atoms with Crippen LogP contribution in [0.4, 0.5) is 0 Å². The van der Waals surface area contributed by atoms with Crippen LogP contribution in [0.1, 0.15) is 64.2 Å². The number of amides is 1. The van der Waals surface area contributed by atoms with E-state index in [0.717, 1.165) is 58.3 Å². The zero-order valence-corrected chi connectivity index (χ0v) is 13.9. The molecule has 0 aromatic heterocycles. The molecule has 2 heterocycles. The van der Waals surface area contributed by atoms with E-state index in [9.17, 15) is 4.79 Å². The van der Waals surface area contributed by atoms with Crippen LogP contribution < -0.4 is 5.32 Å². The second kappa shape index (κ2) is 8.30. The van der Waals surface area contributed by atoms with E-state index in [1.165, 1.54) is 32.1 Å². The van der Waals surface area contributed by atoms with Crippen molar-refractivity contribution in [3.63, 3.8) is 0 Å². The summed E-state index contributed by atoms with van der Waals surface area (Å²) in [5, 5.41) is 3.38. The van der Waals surface area contributed by atoms with Crippen LogP contribution in [-0.2, 0) is 9.53 Å². The Morgan fingerprint density at radius 1 is 0.909 bits per heavy atom. The first-order valence-corrected chi connectivity index (χ1v) is 9.45. The SMILES string of the molecule is O=C(CC1CCCCC1)N1CCC(OC2CCNCC2)CC1. The number of nitrogens with zero attached hydrogens (tertiary/aromatic N) is 1. The van der Waals surface area contributed by atoms with E-state index in [1.54, 1.807) is 0 Å². The van der Waals surface area contributed by atoms with Gasteiger partial charge in [-0.25, -0.2) is 0 Å². The van der Waals surface area contributed by atoms with Gasteiger partial charge in [-0.2, -0.15) is 0 Å². The molecule has 4 nitrogen and oxygen atoms in total. The molecule has 1 amide bonds. The molecule has 0 aromatic carbocycles. The maximum atomic E-state index is 12.4. The van der Waals surface area contributed by atoms with Crippen molar-refractivity contribution in [3.8, 4) is 0 Å². The molecule has 1 saturated carbocycles. The van der Waals surface area contributed by atoms with Gasteiger partial charge in [-0.15, -0.1) is 0 Å². The predicted octanol–water partition coefficient (Wildman–Crippen LogP) is 2.72. The Morgan fingerprint density at radius 3 is 2.23 bits per heavy atom. The zero-order chi connectivity index (χ0) is 15.2. The highest BCUT2D eigenvalue weighted by Crippen LogP contribution is 2.27. The quantitative estimate of drug-likeness (QED) is 0.868. The van der Waals surface area contributed by atoms with E-state index in [0.29, 0.717) is 24.0 Å². The molecule has 0 bridgehead atoms. The van der Waals surface area contributed by atoms with E-state index >= 15 is 0 Å². The van der Waals surface area contributed by atoms with Crippen LogP contribution in [0, 0.1) is 5.92 Å². The summed E-state index contributed by atoms with van der Waals surface area (Å²) in [5.41, 5.74) is 0. The molecule has 0 radical (unpaired) electrons. The maximum Gasteiger partial charge on any atom is 0.222 e. The lowest BCUT2D eigenvalue weighted by atomic mass is 9.86. The van der Waals surface area contributed by atoms with Gasteiger partial charge >= 0.3 is 0 Å². The van der Waals surface area contributed by atoms with Gasteiger partial charge in [0.2, 0.25) is 5.91 Å². The van der Waals surface area contributed by atoms with Crippen molar-refractivity contribution in [2.75, 3.05) is 26.2 Å². The fraction of sp³-hybridized carbons (Fsp3) is 0.944. The predicted molar refractivity (Wildman–Crippen MR) is 87.8 cm³/mol. The third-order valence-electron chi connectivity index (χ3n) is 5.65. The largest absolute Gasteiger partial charge is 0.375 e. The summed E-state index contributed by atoms with van der Waals surface area (Å²) in [4.78, 5) is 14.5. The second-order valence-electron chi connectivity index (χ2n) is 7.37. The van der Waals surface area contributed by atoms with Gasteiger partial charge in [0.1, 0.15) is 0 Å². The van der Waals surface area contributed by atoms with Gasteiger partial charge in [-0.1, -0.05) is 19.3 Å². The first kappa shape index (κ1) is 16.3. The highest BCUT2D eigenvalue weighted by molar-refractivity contribution is 5.76. The topological polar surface area (TPSA) is 41.6 Å². The number of carbonyl (C=O) groups excluding carboxylic acids is 1. The minimum absolute atomic E-state index is 0.377. The van der Waals surface area contributed by atoms with Gasteiger partial charge in [0.25, 0.3) is 0 Å². The molecular formula is C18H32N2O2. The number of ether oxygens (including phenoxy) is 1. The van der Waals surface area contributed by atoms with Crippen molar-refractivity contribution >= 4 is 5.91 Å². The average Bonchev–Trinajstić information content (AvgIpc) is 2.57. The minimum Gasteiger partial charge on any atom is -0.375 e. The molecule has 0 unspecified atom stereocenters. The summed E-state index contributed by atoms with van der Waals surface area (Å²) in [5.74, 6) is 1.05. The normalized spacial score (nSPS) is 26.3. The van der Waals surface area contributed by atoms with Crippen molar-refractivity contribution in [1.82, 2.24) is 10.2 Å². The molecule has 0 atom stereocenters.